The molecule has 0 saturated carbocycles. The van der Waals surface area contributed by atoms with Gasteiger partial charge in [0.05, 0.1) is 5.56 Å². The second-order valence-electron chi connectivity index (χ2n) is 7.63. The SMILES string of the molecule is O=C(NCC1CCN(C(=O)c2ccc(-c3ccccc3)cc2)CC1)c1cccnc1. The lowest BCUT2D eigenvalue weighted by atomic mass is 9.96. The number of likely N-dealkylation sites (tertiary alicyclic amines) is 1. The maximum atomic E-state index is 12.9. The Labute approximate surface area is 176 Å². The third-order valence-electron chi connectivity index (χ3n) is 5.62. The van der Waals surface area contributed by atoms with Crippen LogP contribution < -0.4 is 5.32 Å². The highest BCUT2D eigenvalue weighted by atomic mass is 16.2. The normalized spacial score (nSPS) is 14.3. The van der Waals surface area contributed by atoms with Crippen molar-refractivity contribution in [3.63, 3.8) is 0 Å². The van der Waals surface area contributed by atoms with Crippen LogP contribution in [-0.2, 0) is 0 Å². The summed E-state index contributed by atoms with van der Waals surface area (Å²) in [4.78, 5) is 30.9. The fraction of sp³-hybridized carbons (Fsp3) is 0.240. The zero-order valence-electron chi connectivity index (χ0n) is 16.8. The van der Waals surface area contributed by atoms with E-state index in [1.165, 1.54) is 0 Å². The van der Waals surface area contributed by atoms with Gasteiger partial charge in [-0.15, -0.1) is 0 Å². The van der Waals surface area contributed by atoms with E-state index in [1.54, 1.807) is 24.5 Å². The molecule has 152 valence electrons. The highest BCUT2D eigenvalue weighted by molar-refractivity contribution is 5.95. The molecule has 1 aliphatic rings. The Morgan fingerprint density at radius 2 is 1.57 bits per heavy atom. The number of pyridine rings is 1. The Hall–Kier alpha value is -3.47. The molecule has 0 radical (unpaired) electrons. The number of rotatable bonds is 5. The highest BCUT2D eigenvalue weighted by Gasteiger charge is 2.24. The van der Waals surface area contributed by atoms with E-state index in [-0.39, 0.29) is 11.8 Å². The molecule has 4 rings (SSSR count). The Bertz CT molecular complexity index is 980. The van der Waals surface area contributed by atoms with Gasteiger partial charge in [-0.3, -0.25) is 14.6 Å². The van der Waals surface area contributed by atoms with Gasteiger partial charge >= 0.3 is 0 Å². The minimum atomic E-state index is -0.0971. The van der Waals surface area contributed by atoms with Crippen LogP contribution in [0.5, 0.6) is 0 Å². The average Bonchev–Trinajstić information content (AvgIpc) is 2.83. The number of carbonyl (C=O) groups excluding carboxylic acids is 2. The van der Waals surface area contributed by atoms with Crippen LogP contribution in [0.4, 0.5) is 0 Å². The van der Waals surface area contributed by atoms with Crippen LogP contribution in [0.1, 0.15) is 33.6 Å². The Morgan fingerprint density at radius 3 is 2.23 bits per heavy atom. The average molecular weight is 399 g/mol. The van der Waals surface area contributed by atoms with Crippen LogP contribution in [0.25, 0.3) is 11.1 Å². The zero-order chi connectivity index (χ0) is 20.8. The molecular formula is C25H25N3O2. The van der Waals surface area contributed by atoms with Crippen molar-refractivity contribution in [3.8, 4) is 11.1 Å². The number of benzene rings is 2. The van der Waals surface area contributed by atoms with Crippen molar-refractivity contribution in [2.24, 2.45) is 5.92 Å². The number of aromatic nitrogens is 1. The summed E-state index contributed by atoms with van der Waals surface area (Å²) in [6.45, 7) is 2.06. The number of nitrogens with one attached hydrogen (secondary N) is 1. The van der Waals surface area contributed by atoms with E-state index in [4.69, 9.17) is 0 Å². The highest BCUT2D eigenvalue weighted by Crippen LogP contribution is 2.22. The molecule has 30 heavy (non-hydrogen) atoms. The lowest BCUT2D eigenvalue weighted by molar-refractivity contribution is 0.0684. The summed E-state index contributed by atoms with van der Waals surface area (Å²) in [6, 6.07) is 21.5. The van der Waals surface area contributed by atoms with Crippen molar-refractivity contribution in [3.05, 3.63) is 90.3 Å². The molecule has 1 aromatic heterocycles. The van der Waals surface area contributed by atoms with Crippen LogP contribution in [0.15, 0.2) is 79.1 Å². The van der Waals surface area contributed by atoms with Crippen molar-refractivity contribution in [1.82, 2.24) is 15.2 Å². The van der Waals surface area contributed by atoms with Gasteiger partial charge in [-0.25, -0.2) is 0 Å². The smallest absolute Gasteiger partial charge is 0.253 e. The molecule has 0 unspecified atom stereocenters. The van der Waals surface area contributed by atoms with Crippen molar-refractivity contribution >= 4 is 11.8 Å². The van der Waals surface area contributed by atoms with Gasteiger partial charge in [-0.2, -0.15) is 0 Å². The van der Waals surface area contributed by atoms with Crippen LogP contribution in [0, 0.1) is 5.92 Å². The van der Waals surface area contributed by atoms with Gasteiger partial charge in [0, 0.05) is 37.6 Å². The molecular weight excluding hydrogens is 374 g/mol. The van der Waals surface area contributed by atoms with Crippen molar-refractivity contribution in [2.75, 3.05) is 19.6 Å². The van der Waals surface area contributed by atoms with Crippen molar-refractivity contribution in [2.45, 2.75) is 12.8 Å². The van der Waals surface area contributed by atoms with Crippen LogP contribution in [0.2, 0.25) is 0 Å². The van der Waals surface area contributed by atoms with E-state index in [0.717, 1.165) is 29.5 Å². The fourth-order valence-corrected chi connectivity index (χ4v) is 3.79. The first-order valence-electron chi connectivity index (χ1n) is 10.3. The van der Waals surface area contributed by atoms with Gasteiger partial charge in [-0.1, -0.05) is 42.5 Å². The minimum Gasteiger partial charge on any atom is -0.352 e. The van der Waals surface area contributed by atoms with Gasteiger partial charge in [-0.05, 0) is 54.2 Å². The van der Waals surface area contributed by atoms with E-state index in [9.17, 15) is 9.59 Å². The third kappa shape index (κ3) is 4.74. The van der Waals surface area contributed by atoms with Gasteiger partial charge in [0.2, 0.25) is 0 Å². The summed E-state index contributed by atoms with van der Waals surface area (Å²) < 4.78 is 0. The second kappa shape index (κ2) is 9.35. The van der Waals surface area contributed by atoms with Crippen molar-refractivity contribution < 1.29 is 9.59 Å². The first kappa shape index (κ1) is 19.8. The Balaban J connectivity index is 1.27. The molecule has 5 heteroatoms. The molecule has 1 saturated heterocycles. The predicted octanol–water partition coefficient (Wildman–Crippen LogP) is 4.03. The summed E-state index contributed by atoms with van der Waals surface area (Å²) in [5.41, 5.74) is 3.54. The molecule has 0 atom stereocenters. The lowest BCUT2D eigenvalue weighted by Gasteiger charge is -2.32. The van der Waals surface area contributed by atoms with Crippen LogP contribution in [0.3, 0.4) is 0 Å². The standard InChI is InChI=1S/C25H25N3O2/c29-24(23-7-4-14-26-18-23)27-17-19-12-15-28(16-13-19)25(30)22-10-8-21(9-11-22)20-5-2-1-3-6-20/h1-11,14,18-19H,12-13,15-17H2,(H,27,29). The molecule has 5 nitrogen and oxygen atoms in total. The maximum Gasteiger partial charge on any atom is 0.253 e. The summed E-state index contributed by atoms with van der Waals surface area (Å²) in [6.07, 6.45) is 5.00. The summed E-state index contributed by atoms with van der Waals surface area (Å²) in [7, 11) is 0. The number of nitrogens with zero attached hydrogens (tertiary/aromatic N) is 2. The minimum absolute atomic E-state index is 0.0763. The Kier molecular flexibility index (Phi) is 6.18. The van der Waals surface area contributed by atoms with Crippen LogP contribution in [-0.4, -0.2) is 41.3 Å². The zero-order valence-corrected chi connectivity index (χ0v) is 16.8. The first-order valence-corrected chi connectivity index (χ1v) is 10.3. The van der Waals surface area contributed by atoms with Crippen LogP contribution >= 0.6 is 0 Å². The molecule has 2 amide bonds. The first-order chi connectivity index (χ1) is 14.7. The van der Waals surface area contributed by atoms with E-state index in [1.807, 2.05) is 47.4 Å². The second-order valence-corrected chi connectivity index (χ2v) is 7.63. The molecule has 0 bridgehead atoms. The van der Waals surface area contributed by atoms with E-state index in [0.29, 0.717) is 31.1 Å². The molecule has 0 aliphatic carbocycles. The summed E-state index contributed by atoms with van der Waals surface area (Å²) in [5, 5.41) is 2.98. The molecule has 1 N–H and O–H groups in total. The predicted molar refractivity (Wildman–Crippen MR) is 117 cm³/mol. The number of amides is 2. The quantitative estimate of drug-likeness (QED) is 0.705. The number of hydrogen-bond acceptors (Lipinski definition) is 3. The van der Waals surface area contributed by atoms with E-state index < -0.39 is 0 Å². The van der Waals surface area contributed by atoms with E-state index >= 15 is 0 Å². The molecule has 0 spiro atoms. The van der Waals surface area contributed by atoms with E-state index in [2.05, 4.69) is 22.4 Å². The van der Waals surface area contributed by atoms with Gasteiger partial charge in [0.15, 0.2) is 0 Å². The van der Waals surface area contributed by atoms with Gasteiger partial charge < -0.3 is 10.2 Å². The molecule has 2 aromatic carbocycles. The summed E-state index contributed by atoms with van der Waals surface area (Å²) in [5.74, 6) is 0.364. The third-order valence-corrected chi connectivity index (χ3v) is 5.62. The Morgan fingerprint density at radius 1 is 0.867 bits per heavy atom. The number of hydrogen-bond donors (Lipinski definition) is 1. The molecule has 2 heterocycles. The van der Waals surface area contributed by atoms with Gasteiger partial charge in [0.25, 0.3) is 11.8 Å². The molecule has 1 aliphatic heterocycles. The topological polar surface area (TPSA) is 62.3 Å². The molecule has 3 aromatic rings. The lowest BCUT2D eigenvalue weighted by Crippen LogP contribution is -2.41. The van der Waals surface area contributed by atoms with Crippen molar-refractivity contribution in [1.29, 1.82) is 0 Å². The number of piperidine rings is 1. The number of carbonyl (C=O) groups is 2. The van der Waals surface area contributed by atoms with Gasteiger partial charge in [0.1, 0.15) is 0 Å². The largest absolute Gasteiger partial charge is 0.352 e. The maximum absolute atomic E-state index is 12.9. The fourth-order valence-electron chi connectivity index (χ4n) is 3.79. The monoisotopic (exact) mass is 399 g/mol. The molecule has 1 fully saturated rings. The summed E-state index contributed by atoms with van der Waals surface area (Å²) >= 11 is 0.